The van der Waals surface area contributed by atoms with E-state index in [0.29, 0.717) is 0 Å². The minimum Gasteiger partial charge on any atom is -0.444 e. The van der Waals surface area contributed by atoms with Crippen LogP contribution < -0.4 is 11.1 Å². The van der Waals surface area contributed by atoms with Gasteiger partial charge in [-0.25, -0.2) is 4.79 Å². The fraction of sp³-hybridized carbons (Fsp3) is 0.700. The molecule has 1 rings (SSSR count). The molecule has 0 aromatic rings. The van der Waals surface area contributed by atoms with E-state index in [2.05, 4.69) is 5.32 Å². The quantitative estimate of drug-likeness (QED) is 0.621. The van der Waals surface area contributed by atoms with Gasteiger partial charge in [-0.1, -0.05) is 12.2 Å². The lowest BCUT2D eigenvalue weighted by Crippen LogP contribution is -2.38. The van der Waals surface area contributed by atoms with Crippen molar-refractivity contribution in [2.45, 2.75) is 44.9 Å². The number of nitrogens with two attached hydrogens (primary N) is 1. The molecule has 0 aromatic carbocycles. The molecule has 4 nitrogen and oxygen atoms in total. The zero-order chi connectivity index (χ0) is 10.8. The fourth-order valence-electron chi connectivity index (χ4n) is 1.29. The Morgan fingerprint density at radius 1 is 1.50 bits per heavy atom. The molecule has 0 heterocycles. The molecular formula is C10H18N2O2. The van der Waals surface area contributed by atoms with E-state index < -0.39 is 5.60 Å². The number of amides is 1. The molecule has 3 N–H and O–H groups in total. The van der Waals surface area contributed by atoms with Crippen LogP contribution in [-0.2, 0) is 4.74 Å². The highest BCUT2D eigenvalue weighted by Crippen LogP contribution is 2.11. The van der Waals surface area contributed by atoms with Crippen molar-refractivity contribution in [3.63, 3.8) is 0 Å². The third-order valence-corrected chi connectivity index (χ3v) is 1.82. The normalized spacial score (nSPS) is 26.3. The third kappa shape index (κ3) is 3.79. The van der Waals surface area contributed by atoms with E-state index in [1.54, 1.807) is 0 Å². The molecule has 0 bridgehead atoms. The predicted octanol–water partition coefficient (Wildman–Crippen LogP) is 1.17. The molecule has 1 aliphatic rings. The van der Waals surface area contributed by atoms with Crippen molar-refractivity contribution < 1.29 is 9.53 Å². The maximum atomic E-state index is 11.3. The summed E-state index contributed by atoms with van der Waals surface area (Å²) in [6.07, 6.45) is 4.15. The highest BCUT2D eigenvalue weighted by Gasteiger charge is 2.21. The Morgan fingerprint density at radius 2 is 2.14 bits per heavy atom. The molecule has 2 atom stereocenters. The van der Waals surface area contributed by atoms with Gasteiger partial charge < -0.3 is 15.8 Å². The first kappa shape index (κ1) is 11.0. The van der Waals surface area contributed by atoms with E-state index in [4.69, 9.17) is 10.5 Å². The lowest BCUT2D eigenvalue weighted by atomic mass is 10.2. The molecular weight excluding hydrogens is 180 g/mol. The molecule has 1 unspecified atom stereocenters. The van der Waals surface area contributed by atoms with Crippen molar-refractivity contribution in [1.82, 2.24) is 5.32 Å². The summed E-state index contributed by atoms with van der Waals surface area (Å²) in [6, 6.07) is 0.0646. The summed E-state index contributed by atoms with van der Waals surface area (Å²) in [5.41, 5.74) is 5.20. The summed E-state index contributed by atoms with van der Waals surface area (Å²) in [4.78, 5) is 11.3. The Labute approximate surface area is 84.5 Å². The zero-order valence-corrected chi connectivity index (χ0v) is 8.91. The molecule has 1 amide bonds. The number of hydrogen-bond donors (Lipinski definition) is 2. The Kier molecular flexibility index (Phi) is 3.16. The molecule has 80 valence electrons. The van der Waals surface area contributed by atoms with Crippen LogP contribution in [0.2, 0.25) is 0 Å². The van der Waals surface area contributed by atoms with Crippen LogP contribution in [0.1, 0.15) is 27.2 Å². The minimum atomic E-state index is -0.450. The van der Waals surface area contributed by atoms with Crippen LogP contribution >= 0.6 is 0 Å². The smallest absolute Gasteiger partial charge is 0.408 e. The van der Waals surface area contributed by atoms with Gasteiger partial charge in [-0.3, -0.25) is 0 Å². The van der Waals surface area contributed by atoms with Crippen LogP contribution in [0.4, 0.5) is 4.79 Å². The summed E-state index contributed by atoms with van der Waals surface area (Å²) in [7, 11) is 0. The Bertz CT molecular complexity index is 243. The monoisotopic (exact) mass is 198 g/mol. The minimum absolute atomic E-state index is 0.0137. The van der Waals surface area contributed by atoms with Gasteiger partial charge in [0.15, 0.2) is 0 Å². The highest BCUT2D eigenvalue weighted by atomic mass is 16.6. The van der Waals surface area contributed by atoms with Gasteiger partial charge in [0.05, 0.1) is 6.04 Å². The van der Waals surface area contributed by atoms with Gasteiger partial charge in [-0.2, -0.15) is 0 Å². The van der Waals surface area contributed by atoms with E-state index in [-0.39, 0.29) is 18.2 Å². The topological polar surface area (TPSA) is 64.3 Å². The fourth-order valence-corrected chi connectivity index (χ4v) is 1.29. The summed E-state index contributed by atoms with van der Waals surface area (Å²) < 4.78 is 5.11. The van der Waals surface area contributed by atoms with Crippen LogP contribution in [0.15, 0.2) is 12.2 Å². The predicted molar refractivity (Wildman–Crippen MR) is 54.9 cm³/mol. The summed E-state index contributed by atoms with van der Waals surface area (Å²) in [6.45, 7) is 5.51. The largest absolute Gasteiger partial charge is 0.444 e. The highest BCUT2D eigenvalue weighted by molar-refractivity contribution is 5.68. The summed E-state index contributed by atoms with van der Waals surface area (Å²) in [5.74, 6) is 0. The molecule has 1 aliphatic carbocycles. The third-order valence-electron chi connectivity index (χ3n) is 1.82. The molecule has 0 radical (unpaired) electrons. The second-order valence-corrected chi connectivity index (χ2v) is 4.54. The van der Waals surface area contributed by atoms with E-state index in [1.807, 2.05) is 32.9 Å². The molecule has 0 spiro atoms. The lowest BCUT2D eigenvalue weighted by molar-refractivity contribution is 0.0514. The van der Waals surface area contributed by atoms with Crippen LogP contribution in [-0.4, -0.2) is 23.8 Å². The molecule has 14 heavy (non-hydrogen) atoms. The van der Waals surface area contributed by atoms with Crippen molar-refractivity contribution in [2.75, 3.05) is 0 Å². The van der Waals surface area contributed by atoms with Gasteiger partial charge in [-0.15, -0.1) is 0 Å². The standard InChI is InChI=1S/C10H18N2O2/c1-10(2,3)14-9(13)12-8-5-4-7(11)6-8/h4-5,7-8H,6,11H2,1-3H3,(H,12,13)/t7-,8?/m0/s1. The first-order chi connectivity index (χ1) is 6.37. The Balaban J connectivity index is 2.32. The van der Waals surface area contributed by atoms with Crippen molar-refractivity contribution in [3.05, 3.63) is 12.2 Å². The zero-order valence-electron chi connectivity index (χ0n) is 8.91. The number of nitrogens with one attached hydrogen (secondary N) is 1. The SMILES string of the molecule is CC(C)(C)OC(=O)NC1C=C[C@H](N)C1. The summed E-state index contributed by atoms with van der Waals surface area (Å²) in [5, 5.41) is 2.74. The van der Waals surface area contributed by atoms with E-state index in [0.717, 1.165) is 6.42 Å². The van der Waals surface area contributed by atoms with Gasteiger partial charge in [0.2, 0.25) is 0 Å². The molecule has 0 aliphatic heterocycles. The van der Waals surface area contributed by atoms with E-state index in [9.17, 15) is 4.79 Å². The first-order valence-electron chi connectivity index (χ1n) is 4.80. The van der Waals surface area contributed by atoms with Gasteiger partial charge in [0.25, 0.3) is 0 Å². The maximum Gasteiger partial charge on any atom is 0.408 e. The van der Waals surface area contributed by atoms with Crippen molar-refractivity contribution in [2.24, 2.45) is 5.73 Å². The first-order valence-corrected chi connectivity index (χ1v) is 4.80. The van der Waals surface area contributed by atoms with Crippen molar-refractivity contribution in [3.8, 4) is 0 Å². The average molecular weight is 198 g/mol. The molecule has 0 aromatic heterocycles. The summed E-state index contributed by atoms with van der Waals surface area (Å²) >= 11 is 0. The van der Waals surface area contributed by atoms with Crippen LogP contribution in [0.3, 0.4) is 0 Å². The molecule has 0 saturated carbocycles. The van der Waals surface area contributed by atoms with Crippen LogP contribution in [0.5, 0.6) is 0 Å². The van der Waals surface area contributed by atoms with Crippen molar-refractivity contribution >= 4 is 6.09 Å². The van der Waals surface area contributed by atoms with Crippen LogP contribution in [0.25, 0.3) is 0 Å². The second-order valence-electron chi connectivity index (χ2n) is 4.54. The van der Waals surface area contributed by atoms with Gasteiger partial charge in [0.1, 0.15) is 5.60 Å². The number of carbonyl (C=O) groups is 1. The number of rotatable bonds is 1. The molecule has 0 saturated heterocycles. The van der Waals surface area contributed by atoms with E-state index in [1.165, 1.54) is 0 Å². The Morgan fingerprint density at radius 3 is 2.57 bits per heavy atom. The van der Waals surface area contributed by atoms with Gasteiger partial charge >= 0.3 is 6.09 Å². The number of hydrogen-bond acceptors (Lipinski definition) is 3. The molecule has 4 heteroatoms. The Hall–Kier alpha value is -1.03. The average Bonchev–Trinajstić information content (AvgIpc) is 2.30. The number of ether oxygens (including phenoxy) is 1. The molecule has 0 fully saturated rings. The van der Waals surface area contributed by atoms with Gasteiger partial charge in [0, 0.05) is 6.04 Å². The maximum absolute atomic E-state index is 11.3. The number of carbonyl (C=O) groups excluding carboxylic acids is 1. The van der Waals surface area contributed by atoms with Crippen molar-refractivity contribution in [1.29, 1.82) is 0 Å². The number of alkyl carbamates (subject to hydrolysis) is 1. The lowest BCUT2D eigenvalue weighted by Gasteiger charge is -2.21. The van der Waals surface area contributed by atoms with Gasteiger partial charge in [-0.05, 0) is 27.2 Å². The van der Waals surface area contributed by atoms with E-state index >= 15 is 0 Å². The van der Waals surface area contributed by atoms with Crippen LogP contribution in [0, 0.1) is 0 Å². The second kappa shape index (κ2) is 4.00.